The second-order valence-corrected chi connectivity index (χ2v) is 7.59. The Morgan fingerprint density at radius 2 is 1.73 bits per heavy atom. The van der Waals surface area contributed by atoms with Crippen molar-refractivity contribution in [3.05, 3.63) is 35.4 Å². The molecule has 1 heterocycles. The molecular weight excluding hydrogens is 266 g/mol. The fraction of sp³-hybridized carbons (Fsp3) is 0.714. The molecule has 0 spiro atoms. The molecule has 0 aliphatic carbocycles. The Balaban J connectivity index is 1.68. The maximum atomic E-state index is 2.59. The summed E-state index contributed by atoms with van der Waals surface area (Å²) in [5.41, 5.74) is 2.93. The van der Waals surface area contributed by atoms with Crippen molar-refractivity contribution in [2.24, 2.45) is 5.92 Å². The van der Waals surface area contributed by atoms with E-state index in [0.717, 1.165) is 17.9 Å². The molecule has 0 N–H and O–H groups in total. The molecule has 1 aromatic carbocycles. The molecule has 0 amide bonds. The fourth-order valence-corrected chi connectivity index (χ4v) is 3.70. The summed E-state index contributed by atoms with van der Waals surface area (Å²) in [6.45, 7) is 11.8. The zero-order valence-electron chi connectivity index (χ0n) is 15.1. The van der Waals surface area contributed by atoms with Crippen LogP contribution in [0.15, 0.2) is 24.3 Å². The molecule has 1 aliphatic rings. The molecule has 124 valence electrons. The minimum atomic E-state index is 0.742. The minimum Gasteiger partial charge on any atom is -0.300 e. The van der Waals surface area contributed by atoms with E-state index in [1.54, 1.807) is 5.56 Å². The topological polar surface area (TPSA) is 3.24 Å². The van der Waals surface area contributed by atoms with Crippen molar-refractivity contribution in [1.82, 2.24) is 4.90 Å². The van der Waals surface area contributed by atoms with Gasteiger partial charge in [-0.1, -0.05) is 56.0 Å². The predicted octanol–water partition coefficient (Wildman–Crippen LogP) is 5.78. The molecule has 1 fully saturated rings. The molecule has 1 aliphatic heterocycles. The second kappa shape index (κ2) is 8.72. The highest BCUT2D eigenvalue weighted by molar-refractivity contribution is 5.24. The van der Waals surface area contributed by atoms with Gasteiger partial charge in [-0.25, -0.2) is 0 Å². The summed E-state index contributed by atoms with van der Waals surface area (Å²) in [5, 5.41) is 0. The van der Waals surface area contributed by atoms with Crippen molar-refractivity contribution in [3.63, 3.8) is 0 Å². The molecule has 1 heteroatoms. The number of aryl methyl sites for hydroxylation is 1. The maximum absolute atomic E-state index is 2.59. The first-order chi connectivity index (χ1) is 10.6. The van der Waals surface area contributed by atoms with Gasteiger partial charge in [0.25, 0.3) is 0 Å². The SMILES string of the molecule is CCCC(CCCCC1CN(C(C)C)C1)c1ccc(C)cc1. The summed E-state index contributed by atoms with van der Waals surface area (Å²) in [5.74, 6) is 1.76. The average Bonchev–Trinajstić information content (AvgIpc) is 2.44. The van der Waals surface area contributed by atoms with E-state index in [9.17, 15) is 0 Å². The highest BCUT2D eigenvalue weighted by Crippen LogP contribution is 2.29. The smallest absolute Gasteiger partial charge is 0.00388 e. The summed E-state index contributed by atoms with van der Waals surface area (Å²) >= 11 is 0. The lowest BCUT2D eigenvalue weighted by Crippen LogP contribution is -2.49. The van der Waals surface area contributed by atoms with Crippen LogP contribution in [0.5, 0.6) is 0 Å². The molecule has 0 bridgehead atoms. The fourth-order valence-electron chi connectivity index (χ4n) is 3.70. The van der Waals surface area contributed by atoms with Gasteiger partial charge in [-0.3, -0.25) is 0 Å². The van der Waals surface area contributed by atoms with E-state index in [1.165, 1.54) is 57.2 Å². The van der Waals surface area contributed by atoms with E-state index in [-0.39, 0.29) is 0 Å². The first-order valence-corrected chi connectivity index (χ1v) is 9.40. The van der Waals surface area contributed by atoms with E-state index in [4.69, 9.17) is 0 Å². The van der Waals surface area contributed by atoms with Crippen LogP contribution in [0.2, 0.25) is 0 Å². The summed E-state index contributed by atoms with van der Waals surface area (Å²) in [7, 11) is 0. The molecule has 1 aromatic rings. The Morgan fingerprint density at radius 3 is 2.32 bits per heavy atom. The molecule has 1 nitrogen and oxygen atoms in total. The maximum Gasteiger partial charge on any atom is 0.00388 e. The Bertz CT molecular complexity index is 414. The van der Waals surface area contributed by atoms with E-state index in [2.05, 4.69) is 56.9 Å². The number of hydrogen-bond acceptors (Lipinski definition) is 1. The number of rotatable bonds is 9. The van der Waals surface area contributed by atoms with Crippen molar-refractivity contribution in [3.8, 4) is 0 Å². The van der Waals surface area contributed by atoms with E-state index in [1.807, 2.05) is 0 Å². The van der Waals surface area contributed by atoms with E-state index >= 15 is 0 Å². The quantitative estimate of drug-likeness (QED) is 0.523. The van der Waals surface area contributed by atoms with Gasteiger partial charge in [-0.15, -0.1) is 0 Å². The van der Waals surface area contributed by atoms with Gasteiger partial charge in [0.1, 0.15) is 0 Å². The molecule has 0 aromatic heterocycles. The predicted molar refractivity (Wildman–Crippen MR) is 97.5 cm³/mol. The lowest BCUT2D eigenvalue weighted by atomic mass is 9.87. The Kier molecular flexibility index (Phi) is 6.95. The minimum absolute atomic E-state index is 0.742. The number of benzene rings is 1. The normalized spacial score (nSPS) is 17.7. The van der Waals surface area contributed by atoms with Crippen LogP contribution in [-0.2, 0) is 0 Å². The van der Waals surface area contributed by atoms with Gasteiger partial charge in [0.2, 0.25) is 0 Å². The van der Waals surface area contributed by atoms with E-state index in [0.29, 0.717) is 0 Å². The second-order valence-electron chi connectivity index (χ2n) is 7.59. The zero-order chi connectivity index (χ0) is 15.9. The van der Waals surface area contributed by atoms with Gasteiger partial charge >= 0.3 is 0 Å². The van der Waals surface area contributed by atoms with Crippen LogP contribution in [0, 0.1) is 12.8 Å². The van der Waals surface area contributed by atoms with Crippen molar-refractivity contribution >= 4 is 0 Å². The van der Waals surface area contributed by atoms with Gasteiger partial charge in [0.05, 0.1) is 0 Å². The average molecular weight is 302 g/mol. The van der Waals surface area contributed by atoms with Crippen molar-refractivity contribution in [1.29, 1.82) is 0 Å². The lowest BCUT2D eigenvalue weighted by molar-refractivity contribution is 0.0611. The van der Waals surface area contributed by atoms with Crippen molar-refractivity contribution in [2.75, 3.05) is 13.1 Å². The van der Waals surface area contributed by atoms with Crippen LogP contribution >= 0.6 is 0 Å². The molecule has 1 unspecified atom stereocenters. The Labute approximate surface area is 138 Å². The summed E-state index contributed by atoms with van der Waals surface area (Å²) in [4.78, 5) is 2.59. The molecule has 2 rings (SSSR count). The first kappa shape index (κ1) is 17.5. The van der Waals surface area contributed by atoms with Crippen molar-refractivity contribution in [2.45, 2.75) is 78.2 Å². The van der Waals surface area contributed by atoms with Crippen LogP contribution < -0.4 is 0 Å². The largest absolute Gasteiger partial charge is 0.300 e. The monoisotopic (exact) mass is 301 g/mol. The third kappa shape index (κ3) is 5.12. The zero-order valence-corrected chi connectivity index (χ0v) is 15.1. The van der Waals surface area contributed by atoms with Crippen LogP contribution in [0.4, 0.5) is 0 Å². The van der Waals surface area contributed by atoms with Crippen LogP contribution in [0.25, 0.3) is 0 Å². The number of unbranched alkanes of at least 4 members (excludes halogenated alkanes) is 1. The van der Waals surface area contributed by atoms with Gasteiger partial charge < -0.3 is 4.90 Å². The first-order valence-electron chi connectivity index (χ1n) is 9.40. The number of nitrogens with zero attached hydrogens (tertiary/aromatic N) is 1. The standard InChI is InChI=1S/C21H35N/c1-5-8-20(21-13-11-18(4)12-14-21)10-7-6-9-19-15-22(16-19)17(2)3/h11-14,17,19-20H,5-10,15-16H2,1-4H3. The van der Waals surface area contributed by atoms with Crippen LogP contribution in [-0.4, -0.2) is 24.0 Å². The highest BCUT2D eigenvalue weighted by atomic mass is 15.2. The highest BCUT2D eigenvalue weighted by Gasteiger charge is 2.27. The van der Waals surface area contributed by atoms with Gasteiger partial charge in [-0.05, 0) is 57.4 Å². The third-order valence-corrected chi connectivity index (χ3v) is 5.32. The van der Waals surface area contributed by atoms with Gasteiger partial charge in [-0.2, -0.15) is 0 Å². The molecule has 1 saturated heterocycles. The summed E-state index contributed by atoms with van der Waals surface area (Å²) in [6.07, 6.45) is 8.27. The Hall–Kier alpha value is -0.820. The van der Waals surface area contributed by atoms with Gasteiger partial charge in [0.15, 0.2) is 0 Å². The summed E-state index contributed by atoms with van der Waals surface area (Å²) < 4.78 is 0. The molecule has 0 radical (unpaired) electrons. The molecular formula is C21H35N. The van der Waals surface area contributed by atoms with Crippen molar-refractivity contribution < 1.29 is 0 Å². The lowest BCUT2D eigenvalue weighted by Gasteiger charge is -2.42. The van der Waals surface area contributed by atoms with Crippen LogP contribution in [0.3, 0.4) is 0 Å². The van der Waals surface area contributed by atoms with E-state index < -0.39 is 0 Å². The summed E-state index contributed by atoms with van der Waals surface area (Å²) in [6, 6.07) is 9.98. The molecule has 22 heavy (non-hydrogen) atoms. The van der Waals surface area contributed by atoms with Gasteiger partial charge in [0, 0.05) is 19.1 Å². The Morgan fingerprint density at radius 1 is 1.05 bits per heavy atom. The molecule has 1 atom stereocenters. The number of likely N-dealkylation sites (tertiary alicyclic amines) is 1. The third-order valence-electron chi connectivity index (χ3n) is 5.32. The number of hydrogen-bond donors (Lipinski definition) is 0. The molecule has 0 saturated carbocycles. The van der Waals surface area contributed by atoms with Crippen LogP contribution in [0.1, 0.15) is 76.3 Å².